The van der Waals surface area contributed by atoms with Crippen molar-refractivity contribution in [2.24, 2.45) is 0 Å². The van der Waals surface area contributed by atoms with Gasteiger partial charge in [-0.3, -0.25) is 9.69 Å². The fourth-order valence-electron chi connectivity index (χ4n) is 3.94. The number of benzene rings is 2. The first-order valence-corrected chi connectivity index (χ1v) is 9.99. The molecule has 1 saturated heterocycles. The lowest BCUT2D eigenvalue weighted by Gasteiger charge is -2.39. The number of halogens is 1. The summed E-state index contributed by atoms with van der Waals surface area (Å²) in [5.74, 6) is 0.0128. The fraction of sp³-hybridized carbons (Fsp3) is 0.286. The maximum atomic E-state index is 12.2. The number of rotatable bonds is 5. The highest BCUT2D eigenvalue weighted by Gasteiger charge is 2.32. The standard InChI is InChI=1S/C21H22BrN3O3/c1-28-19-5-3-2-4-18(19)24-8-10-25(11-9-24)20(21(26)27)16-13-23-17-7-6-14(22)12-15(16)17/h2-7,12-13,20,23H,8-11H2,1H3,(H,26,27). The van der Waals surface area contributed by atoms with Crippen molar-refractivity contribution in [3.63, 3.8) is 0 Å². The molecule has 2 aromatic carbocycles. The fourth-order valence-corrected chi connectivity index (χ4v) is 4.30. The van der Waals surface area contributed by atoms with Crippen LogP contribution in [0.25, 0.3) is 10.9 Å². The largest absolute Gasteiger partial charge is 0.495 e. The number of H-pyrrole nitrogens is 1. The van der Waals surface area contributed by atoms with Crippen LogP contribution >= 0.6 is 15.9 Å². The zero-order valence-electron chi connectivity index (χ0n) is 15.6. The van der Waals surface area contributed by atoms with Crippen molar-refractivity contribution in [3.8, 4) is 5.75 Å². The van der Waals surface area contributed by atoms with E-state index in [4.69, 9.17) is 4.74 Å². The molecular formula is C21H22BrN3O3. The number of carbonyl (C=O) groups is 1. The Kier molecular flexibility index (Phi) is 5.28. The van der Waals surface area contributed by atoms with E-state index in [1.807, 2.05) is 53.6 Å². The third-order valence-electron chi connectivity index (χ3n) is 5.31. The number of piperazine rings is 1. The average Bonchev–Trinajstić information content (AvgIpc) is 3.11. The third-order valence-corrected chi connectivity index (χ3v) is 5.80. The van der Waals surface area contributed by atoms with E-state index in [-0.39, 0.29) is 0 Å². The van der Waals surface area contributed by atoms with Crippen LogP contribution in [0.5, 0.6) is 5.75 Å². The predicted octanol–water partition coefficient (Wildman–Crippen LogP) is 3.89. The SMILES string of the molecule is COc1ccccc1N1CCN(C(C(=O)O)c2c[nH]c3ccc(Br)cc23)CC1. The second-order valence-electron chi connectivity index (χ2n) is 6.87. The lowest BCUT2D eigenvalue weighted by Crippen LogP contribution is -2.49. The van der Waals surface area contributed by atoms with Gasteiger partial charge in [0, 0.05) is 53.3 Å². The number of methoxy groups -OCH3 is 1. The molecule has 1 aliphatic heterocycles. The molecule has 7 heteroatoms. The number of nitrogens with one attached hydrogen (secondary N) is 1. The first-order valence-electron chi connectivity index (χ1n) is 9.20. The summed E-state index contributed by atoms with van der Waals surface area (Å²) in [7, 11) is 1.67. The predicted molar refractivity (Wildman–Crippen MR) is 113 cm³/mol. The zero-order valence-corrected chi connectivity index (χ0v) is 17.1. The first kappa shape index (κ1) is 18.8. The minimum Gasteiger partial charge on any atom is -0.495 e. The second kappa shape index (κ2) is 7.85. The molecule has 0 saturated carbocycles. The highest BCUT2D eigenvalue weighted by Crippen LogP contribution is 2.33. The zero-order chi connectivity index (χ0) is 19.7. The number of para-hydroxylation sites is 2. The molecule has 1 aromatic heterocycles. The topological polar surface area (TPSA) is 68.8 Å². The number of anilines is 1. The van der Waals surface area contributed by atoms with Crippen LogP contribution in [0, 0.1) is 0 Å². The minimum atomic E-state index is -0.827. The molecule has 1 unspecified atom stereocenters. The summed E-state index contributed by atoms with van der Waals surface area (Å²) in [5, 5.41) is 10.9. The molecule has 0 radical (unpaired) electrons. The lowest BCUT2D eigenvalue weighted by atomic mass is 10.0. The van der Waals surface area contributed by atoms with E-state index in [0.717, 1.165) is 45.5 Å². The Hall–Kier alpha value is -2.51. The monoisotopic (exact) mass is 443 g/mol. The smallest absolute Gasteiger partial charge is 0.325 e. The maximum Gasteiger partial charge on any atom is 0.325 e. The molecule has 1 aliphatic rings. The molecule has 0 bridgehead atoms. The normalized spacial score (nSPS) is 16.3. The van der Waals surface area contributed by atoms with Gasteiger partial charge in [-0.15, -0.1) is 0 Å². The summed E-state index contributed by atoms with van der Waals surface area (Å²) in [6, 6.07) is 13.1. The van der Waals surface area contributed by atoms with Crippen LogP contribution in [0.3, 0.4) is 0 Å². The van der Waals surface area contributed by atoms with E-state index in [2.05, 4.69) is 25.8 Å². The number of ether oxygens (including phenoxy) is 1. The van der Waals surface area contributed by atoms with Crippen molar-refractivity contribution >= 4 is 38.5 Å². The molecule has 0 spiro atoms. The summed E-state index contributed by atoms with van der Waals surface area (Å²) >= 11 is 3.49. The molecule has 0 aliphatic carbocycles. The number of nitrogens with zero attached hydrogens (tertiary/aromatic N) is 2. The van der Waals surface area contributed by atoms with Crippen LogP contribution in [0.4, 0.5) is 5.69 Å². The van der Waals surface area contributed by atoms with Crippen molar-refractivity contribution < 1.29 is 14.6 Å². The Labute approximate surface area is 171 Å². The highest BCUT2D eigenvalue weighted by molar-refractivity contribution is 9.10. The minimum absolute atomic E-state index is 0.662. The molecule has 1 fully saturated rings. The number of aromatic nitrogens is 1. The number of carboxylic acid groups (broad SMARTS) is 1. The molecule has 6 nitrogen and oxygen atoms in total. The van der Waals surface area contributed by atoms with Crippen LogP contribution < -0.4 is 9.64 Å². The Morgan fingerprint density at radius 1 is 1.18 bits per heavy atom. The van der Waals surface area contributed by atoms with Crippen molar-refractivity contribution in [3.05, 3.63) is 58.7 Å². The van der Waals surface area contributed by atoms with Crippen LogP contribution in [0.2, 0.25) is 0 Å². The number of aliphatic carboxylic acids is 1. The van der Waals surface area contributed by atoms with E-state index in [0.29, 0.717) is 13.1 Å². The van der Waals surface area contributed by atoms with Gasteiger partial charge >= 0.3 is 5.97 Å². The highest BCUT2D eigenvalue weighted by atomic mass is 79.9. The van der Waals surface area contributed by atoms with Crippen molar-refractivity contribution in [2.45, 2.75) is 6.04 Å². The van der Waals surface area contributed by atoms with Crippen LogP contribution in [-0.2, 0) is 4.79 Å². The van der Waals surface area contributed by atoms with Gasteiger partial charge in [-0.25, -0.2) is 0 Å². The van der Waals surface area contributed by atoms with Gasteiger partial charge in [0.2, 0.25) is 0 Å². The molecule has 2 N–H and O–H groups in total. The maximum absolute atomic E-state index is 12.2. The molecule has 28 heavy (non-hydrogen) atoms. The Bertz CT molecular complexity index is 995. The molecule has 1 atom stereocenters. The second-order valence-corrected chi connectivity index (χ2v) is 7.79. The Balaban J connectivity index is 1.57. The number of fused-ring (bicyclic) bond motifs is 1. The lowest BCUT2D eigenvalue weighted by molar-refractivity contribution is -0.143. The van der Waals surface area contributed by atoms with Gasteiger partial charge in [-0.1, -0.05) is 28.1 Å². The molecule has 4 rings (SSSR count). The van der Waals surface area contributed by atoms with E-state index in [1.165, 1.54) is 0 Å². The average molecular weight is 444 g/mol. The van der Waals surface area contributed by atoms with Gasteiger partial charge in [0.1, 0.15) is 11.8 Å². The number of carboxylic acids is 1. The summed E-state index contributed by atoms with van der Waals surface area (Å²) in [5.41, 5.74) is 2.79. The van der Waals surface area contributed by atoms with Crippen molar-refractivity contribution in [2.75, 3.05) is 38.2 Å². The van der Waals surface area contributed by atoms with Gasteiger partial charge in [-0.05, 0) is 30.3 Å². The molecule has 0 amide bonds. The quantitative estimate of drug-likeness (QED) is 0.625. The van der Waals surface area contributed by atoms with Gasteiger partial charge in [0.05, 0.1) is 12.8 Å². The summed E-state index contributed by atoms with van der Waals surface area (Å²) in [6.45, 7) is 2.82. The van der Waals surface area contributed by atoms with E-state index in [9.17, 15) is 9.90 Å². The first-order chi connectivity index (χ1) is 13.6. The van der Waals surface area contributed by atoms with E-state index >= 15 is 0 Å². The molecule has 3 aromatic rings. The summed E-state index contributed by atoms with van der Waals surface area (Å²) < 4.78 is 6.41. The summed E-state index contributed by atoms with van der Waals surface area (Å²) in [6.07, 6.45) is 1.82. The van der Waals surface area contributed by atoms with E-state index in [1.54, 1.807) is 7.11 Å². The third kappa shape index (κ3) is 3.47. The van der Waals surface area contributed by atoms with Crippen molar-refractivity contribution in [1.82, 2.24) is 9.88 Å². The van der Waals surface area contributed by atoms with E-state index < -0.39 is 12.0 Å². The molecular weight excluding hydrogens is 422 g/mol. The van der Waals surface area contributed by atoms with Gasteiger partial charge in [-0.2, -0.15) is 0 Å². The van der Waals surface area contributed by atoms with Gasteiger partial charge in [0.25, 0.3) is 0 Å². The van der Waals surface area contributed by atoms with Gasteiger partial charge in [0.15, 0.2) is 0 Å². The Morgan fingerprint density at radius 2 is 1.93 bits per heavy atom. The van der Waals surface area contributed by atoms with Crippen LogP contribution in [0.1, 0.15) is 11.6 Å². The van der Waals surface area contributed by atoms with Gasteiger partial charge < -0.3 is 19.7 Å². The van der Waals surface area contributed by atoms with Crippen LogP contribution in [0.15, 0.2) is 53.1 Å². The number of aromatic amines is 1. The number of hydrogen-bond acceptors (Lipinski definition) is 4. The Morgan fingerprint density at radius 3 is 2.64 bits per heavy atom. The molecule has 146 valence electrons. The van der Waals surface area contributed by atoms with Crippen molar-refractivity contribution in [1.29, 1.82) is 0 Å². The van der Waals surface area contributed by atoms with Crippen LogP contribution in [-0.4, -0.2) is 54.2 Å². The molecule has 2 heterocycles. The summed E-state index contributed by atoms with van der Waals surface area (Å²) in [4.78, 5) is 19.7. The number of hydrogen-bond donors (Lipinski definition) is 2.